The number of nitrogens with zero attached hydrogens (tertiary/aromatic N) is 2. The lowest BCUT2D eigenvalue weighted by molar-refractivity contribution is -0.122. The van der Waals surface area contributed by atoms with E-state index in [2.05, 4.69) is 37.9 Å². The topological polar surface area (TPSA) is 50.3 Å². The second-order valence-electron chi connectivity index (χ2n) is 7.67. The van der Waals surface area contributed by atoms with E-state index in [4.69, 9.17) is 4.98 Å². The van der Waals surface area contributed by atoms with Gasteiger partial charge in [-0.2, -0.15) is 0 Å². The molecule has 1 saturated carbocycles. The number of carbonyl (C=O) groups is 2. The van der Waals surface area contributed by atoms with Gasteiger partial charge in [-0.15, -0.1) is 11.3 Å². The summed E-state index contributed by atoms with van der Waals surface area (Å²) in [5.41, 5.74) is 2.79. The average molecular weight is 566 g/mol. The molecule has 0 bridgehead atoms. The van der Waals surface area contributed by atoms with Crippen molar-refractivity contribution < 1.29 is 9.59 Å². The molecule has 0 unspecified atom stereocenters. The van der Waals surface area contributed by atoms with E-state index in [-0.39, 0.29) is 23.7 Å². The lowest BCUT2D eigenvalue weighted by Crippen LogP contribution is -2.30. The summed E-state index contributed by atoms with van der Waals surface area (Å²) in [4.78, 5) is 31.9. The number of halogens is 2. The van der Waals surface area contributed by atoms with E-state index in [9.17, 15) is 9.59 Å². The molecule has 4 nitrogen and oxygen atoms in total. The minimum Gasteiger partial charge on any atom is -0.274 e. The van der Waals surface area contributed by atoms with Crippen LogP contribution in [0.15, 0.2) is 49.7 Å². The number of thioether (sulfide) groups is 1. The number of hydrogen-bond acceptors (Lipinski definition) is 5. The van der Waals surface area contributed by atoms with E-state index in [0.29, 0.717) is 5.69 Å². The molecule has 0 spiro atoms. The number of amides is 2. The maximum atomic E-state index is 12.9. The molecular weight excluding hydrogens is 548 g/mol. The zero-order valence-corrected chi connectivity index (χ0v) is 20.7. The zero-order valence-electron chi connectivity index (χ0n) is 15.9. The third-order valence-corrected chi connectivity index (χ3v) is 9.26. The van der Waals surface area contributed by atoms with Crippen molar-refractivity contribution in [3.63, 3.8) is 0 Å². The van der Waals surface area contributed by atoms with Gasteiger partial charge < -0.3 is 0 Å². The van der Waals surface area contributed by atoms with E-state index in [1.54, 1.807) is 23.1 Å². The van der Waals surface area contributed by atoms with Crippen LogP contribution in [0.1, 0.15) is 31.2 Å². The lowest BCUT2D eigenvalue weighted by Gasteiger charge is -2.19. The minimum absolute atomic E-state index is 0.0248. The molecule has 2 amide bonds. The minimum atomic E-state index is -0.126. The first-order chi connectivity index (χ1) is 14.5. The highest BCUT2D eigenvalue weighted by atomic mass is 79.9. The number of thiazole rings is 1. The van der Waals surface area contributed by atoms with Gasteiger partial charge in [0.15, 0.2) is 4.34 Å². The Labute approximate surface area is 199 Å². The van der Waals surface area contributed by atoms with Crippen LogP contribution in [-0.2, 0) is 15.3 Å². The Kier molecular flexibility index (Phi) is 5.77. The molecule has 3 aromatic rings. The van der Waals surface area contributed by atoms with Crippen molar-refractivity contribution >= 4 is 82.7 Å². The van der Waals surface area contributed by atoms with E-state index in [1.165, 1.54) is 10.5 Å². The summed E-state index contributed by atoms with van der Waals surface area (Å²) < 4.78 is 4.09. The molecule has 2 fully saturated rings. The third-order valence-electron chi connectivity index (χ3n) is 5.82. The van der Waals surface area contributed by atoms with Crippen LogP contribution in [0.3, 0.4) is 0 Å². The average Bonchev–Trinajstić information content (AvgIpc) is 3.25. The van der Waals surface area contributed by atoms with Crippen molar-refractivity contribution in [2.75, 3.05) is 4.90 Å². The van der Waals surface area contributed by atoms with Crippen LogP contribution in [0.4, 0.5) is 5.69 Å². The number of hydrogen-bond donors (Lipinski definition) is 0. The molecule has 2 aliphatic rings. The van der Waals surface area contributed by atoms with Gasteiger partial charge in [0.05, 0.1) is 27.7 Å². The standard InChI is InChI=1S/C22H18Br2N2O2S2/c23-13-6-5-12(17(24)9-13)11-29-22-25-18-8-7-14(10-19(18)30-22)26-20(27)15-3-1-2-4-16(15)21(26)28/h5-10,15-16H,1-4,11H2/t15-,16-/m0/s1. The van der Waals surface area contributed by atoms with Crippen molar-refractivity contribution in [1.82, 2.24) is 4.98 Å². The summed E-state index contributed by atoms with van der Waals surface area (Å²) in [6.45, 7) is 0. The molecule has 1 aliphatic heterocycles. The molecule has 1 aromatic heterocycles. The molecule has 30 heavy (non-hydrogen) atoms. The normalized spacial score (nSPS) is 21.5. The van der Waals surface area contributed by atoms with Crippen LogP contribution in [0, 0.1) is 11.8 Å². The molecule has 5 rings (SSSR count). The number of carbonyl (C=O) groups excluding carboxylic acids is 2. The van der Waals surface area contributed by atoms with Crippen LogP contribution in [-0.4, -0.2) is 16.8 Å². The van der Waals surface area contributed by atoms with Crippen molar-refractivity contribution in [3.8, 4) is 0 Å². The summed E-state index contributed by atoms with van der Waals surface area (Å²) in [6, 6.07) is 11.9. The highest BCUT2D eigenvalue weighted by Crippen LogP contribution is 2.41. The molecular formula is C22H18Br2N2O2S2. The molecule has 1 aliphatic carbocycles. The van der Waals surface area contributed by atoms with Crippen LogP contribution < -0.4 is 4.90 Å². The molecule has 0 N–H and O–H groups in total. The molecule has 2 atom stereocenters. The van der Waals surface area contributed by atoms with E-state index in [0.717, 1.165) is 54.9 Å². The van der Waals surface area contributed by atoms with Gasteiger partial charge >= 0.3 is 0 Å². The van der Waals surface area contributed by atoms with Crippen LogP contribution in [0.5, 0.6) is 0 Å². The second kappa shape index (κ2) is 8.37. The number of anilines is 1. The van der Waals surface area contributed by atoms with Gasteiger partial charge in [-0.3, -0.25) is 14.5 Å². The predicted molar refractivity (Wildman–Crippen MR) is 129 cm³/mol. The summed E-state index contributed by atoms with van der Waals surface area (Å²) in [7, 11) is 0. The van der Waals surface area contributed by atoms with Crippen molar-refractivity contribution in [1.29, 1.82) is 0 Å². The Hall–Kier alpha value is -1.22. The molecule has 8 heteroatoms. The number of aromatic nitrogens is 1. The summed E-state index contributed by atoms with van der Waals surface area (Å²) >= 11 is 10.4. The van der Waals surface area contributed by atoms with Gasteiger partial charge in [-0.05, 0) is 48.7 Å². The van der Waals surface area contributed by atoms with Gasteiger partial charge in [0.2, 0.25) is 11.8 Å². The maximum absolute atomic E-state index is 12.9. The van der Waals surface area contributed by atoms with E-state index >= 15 is 0 Å². The smallest absolute Gasteiger partial charge is 0.237 e. The number of imide groups is 1. The Morgan fingerprint density at radius 1 is 1.03 bits per heavy atom. The number of fused-ring (bicyclic) bond motifs is 2. The van der Waals surface area contributed by atoms with Crippen LogP contribution in [0.25, 0.3) is 10.2 Å². The summed E-state index contributed by atoms with van der Waals surface area (Å²) in [5, 5.41) is 0. The molecule has 1 saturated heterocycles. The van der Waals surface area contributed by atoms with Gasteiger partial charge in [-0.25, -0.2) is 4.98 Å². The molecule has 2 heterocycles. The molecule has 2 aromatic carbocycles. The number of rotatable bonds is 4. The van der Waals surface area contributed by atoms with Gasteiger partial charge in [-0.1, -0.05) is 62.5 Å². The lowest BCUT2D eigenvalue weighted by atomic mass is 9.81. The Balaban J connectivity index is 1.38. The highest BCUT2D eigenvalue weighted by molar-refractivity contribution is 9.11. The monoisotopic (exact) mass is 564 g/mol. The Morgan fingerprint density at radius 2 is 1.77 bits per heavy atom. The fourth-order valence-corrected chi connectivity index (χ4v) is 7.77. The Bertz CT molecular complexity index is 1140. The third kappa shape index (κ3) is 3.76. The van der Waals surface area contributed by atoms with Crippen molar-refractivity contribution in [2.45, 2.75) is 35.8 Å². The summed E-state index contributed by atoms with van der Waals surface area (Å²) in [6.07, 6.45) is 3.75. The van der Waals surface area contributed by atoms with E-state index in [1.807, 2.05) is 30.3 Å². The molecule has 0 radical (unpaired) electrons. The van der Waals surface area contributed by atoms with E-state index < -0.39 is 0 Å². The first-order valence-electron chi connectivity index (χ1n) is 9.86. The Morgan fingerprint density at radius 3 is 2.47 bits per heavy atom. The van der Waals surface area contributed by atoms with Gasteiger partial charge in [0, 0.05) is 14.7 Å². The summed E-state index contributed by atoms with van der Waals surface area (Å²) in [5.74, 6) is 0.511. The highest BCUT2D eigenvalue weighted by Gasteiger charge is 2.48. The maximum Gasteiger partial charge on any atom is 0.237 e. The van der Waals surface area contributed by atoms with Crippen LogP contribution in [0.2, 0.25) is 0 Å². The fourth-order valence-electron chi connectivity index (χ4n) is 4.29. The van der Waals surface area contributed by atoms with Crippen LogP contribution >= 0.6 is 55.0 Å². The SMILES string of the molecule is O=C1[C@H]2CCCC[C@@H]2C(=O)N1c1ccc2nc(SCc3ccc(Br)cc3Br)sc2c1. The van der Waals surface area contributed by atoms with Crippen molar-refractivity contribution in [3.05, 3.63) is 50.9 Å². The number of benzene rings is 2. The van der Waals surface area contributed by atoms with Gasteiger partial charge in [0.1, 0.15) is 0 Å². The van der Waals surface area contributed by atoms with Crippen molar-refractivity contribution in [2.24, 2.45) is 11.8 Å². The first-order valence-corrected chi connectivity index (χ1v) is 13.3. The second-order valence-corrected chi connectivity index (χ2v) is 11.7. The predicted octanol–water partition coefficient (Wildman–Crippen LogP) is 6.79. The fraction of sp³-hybridized carbons (Fsp3) is 0.318. The largest absolute Gasteiger partial charge is 0.274 e. The zero-order chi connectivity index (χ0) is 20.8. The van der Waals surface area contributed by atoms with Gasteiger partial charge in [0.25, 0.3) is 0 Å². The quantitative estimate of drug-likeness (QED) is 0.258. The first kappa shape index (κ1) is 20.7. The molecule has 154 valence electrons.